The molecule has 4 nitrogen and oxygen atoms in total. The Morgan fingerprint density at radius 2 is 1.86 bits per heavy atom. The van der Waals surface area contributed by atoms with Gasteiger partial charge in [-0.2, -0.15) is 13.2 Å². The van der Waals surface area contributed by atoms with Crippen molar-refractivity contribution in [2.45, 2.75) is 25.2 Å². The Kier molecular flexibility index (Phi) is 4.27. The Bertz CT molecular complexity index is 613. The molecule has 1 atom stereocenters. The second kappa shape index (κ2) is 5.67. The highest BCUT2D eigenvalue weighted by Gasteiger charge is 2.46. The average Bonchev–Trinajstić information content (AvgIpc) is 2.75. The number of hydrogen-bond acceptors (Lipinski definition) is 3. The van der Waals surface area contributed by atoms with E-state index >= 15 is 0 Å². The van der Waals surface area contributed by atoms with Gasteiger partial charge in [0, 0.05) is 12.6 Å². The van der Waals surface area contributed by atoms with Crippen LogP contribution in [0.5, 0.6) is 0 Å². The van der Waals surface area contributed by atoms with Crippen LogP contribution in [0.4, 0.5) is 13.2 Å². The molecule has 1 amide bonds. The van der Waals surface area contributed by atoms with E-state index in [2.05, 4.69) is 0 Å². The van der Waals surface area contributed by atoms with Gasteiger partial charge in [-0.1, -0.05) is 30.3 Å². The second-order valence-corrected chi connectivity index (χ2v) is 7.20. The molecule has 0 aromatic heterocycles. The quantitative estimate of drug-likeness (QED) is 0.852. The first-order chi connectivity index (χ1) is 9.69. The number of sulfone groups is 1. The highest BCUT2D eigenvalue weighted by Crippen LogP contribution is 2.26. The van der Waals surface area contributed by atoms with E-state index in [1.165, 1.54) is 0 Å². The minimum absolute atomic E-state index is 0.0387. The largest absolute Gasteiger partial charge is 0.471 e. The number of rotatable bonds is 3. The summed E-state index contributed by atoms with van der Waals surface area (Å²) in [7, 11) is -3.37. The molecule has 1 aliphatic rings. The fourth-order valence-electron chi connectivity index (χ4n) is 2.33. The van der Waals surface area contributed by atoms with E-state index in [1.54, 1.807) is 30.3 Å². The van der Waals surface area contributed by atoms with Gasteiger partial charge >= 0.3 is 12.1 Å². The number of carbonyl (C=O) groups excluding carboxylic acids is 1. The molecular weight excluding hydrogens is 307 g/mol. The maximum Gasteiger partial charge on any atom is 0.471 e. The zero-order chi connectivity index (χ0) is 15.7. The Hall–Kier alpha value is -1.57. The van der Waals surface area contributed by atoms with Gasteiger partial charge < -0.3 is 4.90 Å². The van der Waals surface area contributed by atoms with Crippen LogP contribution in [0, 0.1) is 0 Å². The van der Waals surface area contributed by atoms with Crippen LogP contribution < -0.4 is 0 Å². The van der Waals surface area contributed by atoms with Gasteiger partial charge in [0.25, 0.3) is 0 Å². The molecule has 0 N–H and O–H groups in total. The summed E-state index contributed by atoms with van der Waals surface area (Å²) in [5.41, 5.74) is 0.527. The molecule has 0 bridgehead atoms. The molecule has 116 valence electrons. The number of halogens is 3. The first-order valence-electron chi connectivity index (χ1n) is 6.31. The van der Waals surface area contributed by atoms with E-state index in [0.717, 1.165) is 0 Å². The molecule has 0 saturated carbocycles. The Labute approximate surface area is 120 Å². The molecule has 2 rings (SSSR count). The molecule has 21 heavy (non-hydrogen) atoms. The zero-order valence-corrected chi connectivity index (χ0v) is 11.8. The van der Waals surface area contributed by atoms with Crippen LogP contribution in [-0.4, -0.2) is 42.9 Å². The van der Waals surface area contributed by atoms with Crippen molar-refractivity contribution in [2.75, 3.05) is 11.5 Å². The van der Waals surface area contributed by atoms with E-state index in [9.17, 15) is 26.4 Å². The minimum atomic E-state index is -5.01. The van der Waals surface area contributed by atoms with Gasteiger partial charge in [-0.3, -0.25) is 4.79 Å². The van der Waals surface area contributed by atoms with Crippen molar-refractivity contribution in [1.82, 2.24) is 4.90 Å². The van der Waals surface area contributed by atoms with Gasteiger partial charge in [0.15, 0.2) is 9.84 Å². The van der Waals surface area contributed by atoms with Crippen molar-refractivity contribution in [1.29, 1.82) is 0 Å². The van der Waals surface area contributed by atoms with Crippen molar-refractivity contribution < 1.29 is 26.4 Å². The minimum Gasteiger partial charge on any atom is -0.327 e. The van der Waals surface area contributed by atoms with Crippen molar-refractivity contribution >= 4 is 15.7 Å². The molecule has 1 aliphatic heterocycles. The standard InChI is InChI=1S/C13H14F3NO3S/c14-13(15,16)12(18)17(8-10-4-2-1-3-5-10)11-6-7-21(19,20)9-11/h1-5,11H,6-9H2/t11-/m0/s1. The number of nitrogens with zero attached hydrogens (tertiary/aromatic N) is 1. The highest BCUT2D eigenvalue weighted by atomic mass is 32.2. The summed E-state index contributed by atoms with van der Waals surface area (Å²) in [6.07, 6.45) is -4.97. The molecule has 1 heterocycles. The molecule has 0 radical (unpaired) electrons. The molecular formula is C13H14F3NO3S. The lowest BCUT2D eigenvalue weighted by molar-refractivity contribution is -0.188. The summed E-state index contributed by atoms with van der Waals surface area (Å²) in [4.78, 5) is 12.2. The van der Waals surface area contributed by atoms with Gasteiger partial charge in [-0.25, -0.2) is 8.42 Å². The summed E-state index contributed by atoms with van der Waals surface area (Å²) >= 11 is 0. The molecule has 1 fully saturated rings. The summed E-state index contributed by atoms with van der Waals surface area (Å²) in [5.74, 6) is -2.59. The van der Waals surface area contributed by atoms with E-state index in [1.807, 2.05) is 0 Å². The molecule has 1 aromatic carbocycles. The van der Waals surface area contributed by atoms with Crippen LogP contribution in [0.25, 0.3) is 0 Å². The van der Waals surface area contributed by atoms with E-state index in [4.69, 9.17) is 0 Å². The van der Waals surface area contributed by atoms with Gasteiger partial charge in [-0.15, -0.1) is 0 Å². The van der Waals surface area contributed by atoms with Crippen molar-refractivity contribution in [3.05, 3.63) is 35.9 Å². The van der Waals surface area contributed by atoms with Gasteiger partial charge in [-0.05, 0) is 12.0 Å². The van der Waals surface area contributed by atoms with Gasteiger partial charge in [0.05, 0.1) is 11.5 Å². The number of benzene rings is 1. The molecule has 0 spiro atoms. The molecule has 0 aliphatic carbocycles. The third-order valence-electron chi connectivity index (χ3n) is 3.35. The average molecular weight is 321 g/mol. The first-order valence-corrected chi connectivity index (χ1v) is 8.13. The third kappa shape index (κ3) is 3.96. The summed E-state index contributed by atoms with van der Waals surface area (Å²) in [6.45, 7) is -0.251. The van der Waals surface area contributed by atoms with Crippen molar-refractivity contribution in [3.8, 4) is 0 Å². The number of hydrogen-bond donors (Lipinski definition) is 0. The SMILES string of the molecule is O=C(N(Cc1ccccc1)[C@H]1CCS(=O)(=O)C1)C(F)(F)F. The second-order valence-electron chi connectivity index (χ2n) is 4.97. The number of carbonyl (C=O) groups is 1. The third-order valence-corrected chi connectivity index (χ3v) is 5.10. The van der Waals surface area contributed by atoms with Gasteiger partial charge in [0.1, 0.15) is 0 Å². The molecule has 1 aromatic rings. The normalized spacial score (nSPS) is 21.2. The number of amides is 1. The lowest BCUT2D eigenvalue weighted by atomic mass is 10.1. The fourth-order valence-corrected chi connectivity index (χ4v) is 4.06. The van der Waals surface area contributed by atoms with Gasteiger partial charge in [0.2, 0.25) is 0 Å². The van der Waals surface area contributed by atoms with Crippen LogP contribution in [0.2, 0.25) is 0 Å². The van der Waals surface area contributed by atoms with E-state index in [-0.39, 0.29) is 18.7 Å². The molecule has 0 unspecified atom stereocenters. The van der Waals surface area contributed by atoms with Crippen LogP contribution in [0.1, 0.15) is 12.0 Å². The molecule has 8 heteroatoms. The lowest BCUT2D eigenvalue weighted by Crippen LogP contribution is -2.47. The molecule has 1 saturated heterocycles. The summed E-state index contributed by atoms with van der Waals surface area (Å²) < 4.78 is 61.0. The highest BCUT2D eigenvalue weighted by molar-refractivity contribution is 7.91. The van der Waals surface area contributed by atoms with Crippen LogP contribution in [0.15, 0.2) is 30.3 Å². The maximum absolute atomic E-state index is 12.7. The zero-order valence-electron chi connectivity index (χ0n) is 11.0. The van der Waals surface area contributed by atoms with E-state index < -0.39 is 33.7 Å². The summed E-state index contributed by atoms with van der Waals surface area (Å²) in [6, 6.07) is 7.28. The van der Waals surface area contributed by atoms with Crippen LogP contribution in [0.3, 0.4) is 0 Å². The predicted molar refractivity (Wildman–Crippen MR) is 70.1 cm³/mol. The summed E-state index contributed by atoms with van der Waals surface area (Å²) in [5, 5.41) is 0. The first kappa shape index (κ1) is 15.8. The van der Waals surface area contributed by atoms with Crippen molar-refractivity contribution in [2.24, 2.45) is 0 Å². The van der Waals surface area contributed by atoms with Crippen LogP contribution >= 0.6 is 0 Å². The lowest BCUT2D eigenvalue weighted by Gasteiger charge is -2.29. The van der Waals surface area contributed by atoms with Crippen molar-refractivity contribution in [3.63, 3.8) is 0 Å². The Morgan fingerprint density at radius 3 is 2.33 bits per heavy atom. The van der Waals surface area contributed by atoms with E-state index in [0.29, 0.717) is 10.5 Å². The Morgan fingerprint density at radius 1 is 1.24 bits per heavy atom. The maximum atomic E-state index is 12.7. The van der Waals surface area contributed by atoms with Crippen LogP contribution in [-0.2, 0) is 21.2 Å². The smallest absolute Gasteiger partial charge is 0.327 e. The predicted octanol–water partition coefficient (Wildman–Crippen LogP) is 1.76. The number of alkyl halides is 3. The Balaban J connectivity index is 2.25. The monoisotopic (exact) mass is 321 g/mol. The fraction of sp³-hybridized carbons (Fsp3) is 0.462. The topological polar surface area (TPSA) is 54.5 Å².